The van der Waals surface area contributed by atoms with Gasteiger partial charge in [0.15, 0.2) is 5.78 Å². The van der Waals surface area contributed by atoms with E-state index >= 15 is 0 Å². The Balaban J connectivity index is 1.83. The van der Waals surface area contributed by atoms with E-state index in [0.717, 1.165) is 12.0 Å². The number of nitrogens with two attached hydrogens (primary N) is 1. The molecule has 0 saturated carbocycles. The molecule has 2 aromatic carbocycles. The molecular formula is C21H22N2O3. The minimum absolute atomic E-state index is 0.0939. The lowest BCUT2D eigenvalue weighted by Crippen LogP contribution is -2.30. The molecule has 0 radical (unpaired) electrons. The van der Waals surface area contributed by atoms with Gasteiger partial charge in [0.2, 0.25) is 5.91 Å². The van der Waals surface area contributed by atoms with Gasteiger partial charge in [0, 0.05) is 30.6 Å². The summed E-state index contributed by atoms with van der Waals surface area (Å²) in [6.45, 7) is 3.03. The number of primary amides is 1. The van der Waals surface area contributed by atoms with E-state index in [1.54, 1.807) is 41.3 Å². The number of amides is 2. The van der Waals surface area contributed by atoms with Crippen LogP contribution in [0.1, 0.15) is 44.7 Å². The molecule has 5 heteroatoms. The number of ketones is 1. The second-order valence-electron chi connectivity index (χ2n) is 6.82. The fraction of sp³-hybridized carbons (Fsp3) is 0.286. The highest BCUT2D eigenvalue weighted by Crippen LogP contribution is 2.23. The van der Waals surface area contributed by atoms with Crippen LogP contribution in [0.3, 0.4) is 0 Å². The maximum Gasteiger partial charge on any atom is 0.254 e. The van der Waals surface area contributed by atoms with Gasteiger partial charge in [-0.15, -0.1) is 0 Å². The average molecular weight is 350 g/mol. The Morgan fingerprint density at radius 2 is 1.69 bits per heavy atom. The van der Waals surface area contributed by atoms with Crippen LogP contribution in [-0.4, -0.2) is 35.6 Å². The minimum atomic E-state index is -0.348. The van der Waals surface area contributed by atoms with Gasteiger partial charge in [0.25, 0.3) is 5.91 Å². The van der Waals surface area contributed by atoms with Crippen molar-refractivity contribution in [2.24, 2.45) is 11.7 Å². The molecule has 0 bridgehead atoms. The van der Waals surface area contributed by atoms with Crippen molar-refractivity contribution in [2.45, 2.75) is 19.8 Å². The third kappa shape index (κ3) is 3.82. The summed E-state index contributed by atoms with van der Waals surface area (Å²) in [6, 6.07) is 14.2. The molecule has 2 N–H and O–H groups in total. The van der Waals surface area contributed by atoms with Crippen molar-refractivity contribution in [1.29, 1.82) is 0 Å². The van der Waals surface area contributed by atoms with Crippen LogP contribution in [0.2, 0.25) is 0 Å². The molecular weight excluding hydrogens is 328 g/mol. The molecule has 0 aromatic heterocycles. The summed E-state index contributed by atoms with van der Waals surface area (Å²) in [5, 5.41) is 0. The minimum Gasteiger partial charge on any atom is -0.370 e. The topological polar surface area (TPSA) is 80.5 Å². The summed E-state index contributed by atoms with van der Waals surface area (Å²) in [5.74, 6) is -0.592. The molecule has 1 aliphatic rings. The second-order valence-corrected chi connectivity index (χ2v) is 6.82. The molecule has 0 aliphatic carbocycles. The Bertz CT molecular complexity index is 843. The molecule has 1 saturated heterocycles. The lowest BCUT2D eigenvalue weighted by Gasteiger charge is -2.18. The molecule has 1 unspecified atom stereocenters. The van der Waals surface area contributed by atoms with Gasteiger partial charge in [-0.2, -0.15) is 0 Å². The van der Waals surface area contributed by atoms with Gasteiger partial charge in [-0.25, -0.2) is 0 Å². The number of rotatable bonds is 5. The van der Waals surface area contributed by atoms with Crippen LogP contribution in [0.15, 0.2) is 48.5 Å². The highest BCUT2D eigenvalue weighted by atomic mass is 16.2. The fourth-order valence-corrected chi connectivity index (χ4v) is 3.37. The van der Waals surface area contributed by atoms with Crippen molar-refractivity contribution in [3.63, 3.8) is 0 Å². The molecule has 1 atom stereocenters. The summed E-state index contributed by atoms with van der Waals surface area (Å²) < 4.78 is 0. The first kappa shape index (κ1) is 17.9. The number of likely N-dealkylation sites (tertiary alicyclic amines) is 1. The van der Waals surface area contributed by atoms with E-state index in [-0.39, 0.29) is 29.9 Å². The zero-order valence-corrected chi connectivity index (χ0v) is 14.8. The third-order valence-corrected chi connectivity index (χ3v) is 4.78. The average Bonchev–Trinajstić information content (AvgIpc) is 3.09. The van der Waals surface area contributed by atoms with Gasteiger partial charge in [0.05, 0.1) is 5.56 Å². The van der Waals surface area contributed by atoms with Crippen molar-refractivity contribution in [2.75, 3.05) is 13.1 Å². The van der Waals surface area contributed by atoms with E-state index < -0.39 is 0 Å². The molecule has 134 valence electrons. The van der Waals surface area contributed by atoms with E-state index in [2.05, 4.69) is 0 Å². The summed E-state index contributed by atoms with van der Waals surface area (Å²) in [5.41, 5.74) is 7.69. The van der Waals surface area contributed by atoms with Crippen molar-refractivity contribution in [3.05, 3.63) is 70.8 Å². The smallest absolute Gasteiger partial charge is 0.254 e. The zero-order chi connectivity index (χ0) is 18.7. The van der Waals surface area contributed by atoms with Crippen LogP contribution in [0, 0.1) is 12.8 Å². The van der Waals surface area contributed by atoms with Crippen LogP contribution in [0.4, 0.5) is 0 Å². The molecule has 1 fully saturated rings. The molecule has 3 rings (SSSR count). The number of aryl methyl sites for hydroxylation is 1. The number of hydrogen-bond donors (Lipinski definition) is 1. The molecule has 1 aliphatic heterocycles. The zero-order valence-electron chi connectivity index (χ0n) is 14.8. The maximum atomic E-state index is 12.9. The second kappa shape index (κ2) is 7.52. The predicted molar refractivity (Wildman–Crippen MR) is 98.9 cm³/mol. The Labute approximate surface area is 152 Å². The Hall–Kier alpha value is -2.95. The summed E-state index contributed by atoms with van der Waals surface area (Å²) >= 11 is 0. The lowest BCUT2D eigenvalue weighted by molar-refractivity contribution is -0.118. The molecule has 2 aromatic rings. The van der Waals surface area contributed by atoms with Gasteiger partial charge in [0.1, 0.15) is 0 Å². The Morgan fingerprint density at radius 3 is 2.35 bits per heavy atom. The first-order valence-corrected chi connectivity index (χ1v) is 8.73. The Morgan fingerprint density at radius 1 is 1.04 bits per heavy atom. The van der Waals surface area contributed by atoms with Gasteiger partial charge < -0.3 is 10.6 Å². The van der Waals surface area contributed by atoms with Crippen molar-refractivity contribution in [1.82, 2.24) is 4.90 Å². The number of carbonyl (C=O) groups excluding carboxylic acids is 3. The van der Waals surface area contributed by atoms with E-state index in [1.165, 1.54) is 0 Å². The molecule has 26 heavy (non-hydrogen) atoms. The first-order chi connectivity index (χ1) is 12.5. The Kier molecular flexibility index (Phi) is 5.16. The monoisotopic (exact) mass is 350 g/mol. The van der Waals surface area contributed by atoms with Crippen molar-refractivity contribution < 1.29 is 14.4 Å². The standard InChI is InChI=1S/C21H22N2O3/c1-14-6-8-16(9-7-14)20(25)17-4-2-3-5-18(17)21(26)23-11-10-15(13-23)12-19(22)24/h2-9,15H,10-13H2,1H3,(H2,22,24). The van der Waals surface area contributed by atoms with E-state index in [4.69, 9.17) is 5.73 Å². The number of nitrogens with zero attached hydrogens (tertiary/aromatic N) is 1. The van der Waals surface area contributed by atoms with Crippen LogP contribution in [-0.2, 0) is 4.79 Å². The highest BCUT2D eigenvalue weighted by molar-refractivity contribution is 6.15. The lowest BCUT2D eigenvalue weighted by atomic mass is 9.97. The molecule has 2 amide bonds. The fourth-order valence-electron chi connectivity index (χ4n) is 3.37. The SMILES string of the molecule is Cc1ccc(C(=O)c2ccccc2C(=O)N2CCC(CC(N)=O)C2)cc1. The van der Waals surface area contributed by atoms with Crippen LogP contribution >= 0.6 is 0 Å². The van der Waals surface area contributed by atoms with E-state index in [0.29, 0.717) is 29.8 Å². The number of hydrogen-bond acceptors (Lipinski definition) is 3. The summed E-state index contributed by atoms with van der Waals surface area (Å²) in [6.07, 6.45) is 1.04. The van der Waals surface area contributed by atoms with Gasteiger partial charge in [-0.3, -0.25) is 14.4 Å². The van der Waals surface area contributed by atoms with Crippen molar-refractivity contribution in [3.8, 4) is 0 Å². The van der Waals surface area contributed by atoms with Crippen molar-refractivity contribution >= 4 is 17.6 Å². The molecule has 5 nitrogen and oxygen atoms in total. The first-order valence-electron chi connectivity index (χ1n) is 8.73. The van der Waals surface area contributed by atoms with Crippen LogP contribution < -0.4 is 5.73 Å². The summed E-state index contributed by atoms with van der Waals surface area (Å²) in [4.78, 5) is 38.6. The number of carbonyl (C=O) groups is 3. The van der Waals surface area contributed by atoms with E-state index in [9.17, 15) is 14.4 Å². The number of benzene rings is 2. The van der Waals surface area contributed by atoms with E-state index in [1.807, 2.05) is 19.1 Å². The van der Waals surface area contributed by atoms with Crippen LogP contribution in [0.25, 0.3) is 0 Å². The third-order valence-electron chi connectivity index (χ3n) is 4.78. The van der Waals surface area contributed by atoms with Crippen LogP contribution in [0.5, 0.6) is 0 Å². The normalized spacial score (nSPS) is 16.5. The van der Waals surface area contributed by atoms with Gasteiger partial charge in [-0.1, -0.05) is 48.0 Å². The summed E-state index contributed by atoms with van der Waals surface area (Å²) in [7, 11) is 0. The van der Waals surface area contributed by atoms with Gasteiger partial charge in [-0.05, 0) is 25.3 Å². The quantitative estimate of drug-likeness (QED) is 0.842. The predicted octanol–water partition coefficient (Wildman–Crippen LogP) is 2.56. The largest absolute Gasteiger partial charge is 0.370 e. The maximum absolute atomic E-state index is 12.9. The molecule has 1 heterocycles. The van der Waals surface area contributed by atoms with Gasteiger partial charge >= 0.3 is 0 Å². The highest BCUT2D eigenvalue weighted by Gasteiger charge is 2.29. The molecule has 0 spiro atoms.